The number of carbonyl (C=O) groups is 1. The lowest BCUT2D eigenvalue weighted by Gasteiger charge is -2.37. The molecule has 1 fully saturated rings. The Morgan fingerprint density at radius 3 is 2.32 bits per heavy atom. The minimum atomic E-state index is -2.93. The van der Waals surface area contributed by atoms with Crippen molar-refractivity contribution in [2.24, 2.45) is 0 Å². The summed E-state index contributed by atoms with van der Waals surface area (Å²) in [7, 11) is -2.93. The van der Waals surface area contributed by atoms with Crippen molar-refractivity contribution in [2.45, 2.75) is 56.4 Å². The lowest BCUT2D eigenvalue weighted by Crippen LogP contribution is -2.40. The van der Waals surface area contributed by atoms with Gasteiger partial charge in [-0.2, -0.15) is 0 Å². The van der Waals surface area contributed by atoms with Crippen LogP contribution in [0.1, 0.15) is 54.9 Å². The van der Waals surface area contributed by atoms with Gasteiger partial charge < -0.3 is 14.7 Å². The molecule has 0 aromatic heterocycles. The van der Waals surface area contributed by atoms with Crippen LogP contribution < -0.4 is 4.90 Å². The highest BCUT2D eigenvalue weighted by Gasteiger charge is 2.43. The SMILES string of the molecule is Cc1ccc(C(C)C)c(SC2=C(O)CC(CCc3ccc(N4CCS(=O)(=O)CC4)cc3)(c3ccccc3)OC2=O)c1. The molecule has 2 aliphatic heterocycles. The zero-order chi connectivity index (χ0) is 29.2. The summed E-state index contributed by atoms with van der Waals surface area (Å²) in [5, 5.41) is 11.3. The lowest BCUT2D eigenvalue weighted by molar-refractivity contribution is -0.160. The Hall–Kier alpha value is -3.23. The molecule has 5 rings (SSSR count). The number of thioether (sulfide) groups is 1. The van der Waals surface area contributed by atoms with Crippen molar-refractivity contribution in [1.82, 2.24) is 0 Å². The van der Waals surface area contributed by atoms with E-state index in [0.29, 0.717) is 25.9 Å². The Labute approximate surface area is 247 Å². The van der Waals surface area contributed by atoms with Crippen LogP contribution in [0.2, 0.25) is 0 Å². The number of anilines is 1. The van der Waals surface area contributed by atoms with Crippen molar-refractivity contribution in [2.75, 3.05) is 29.5 Å². The van der Waals surface area contributed by atoms with Crippen molar-refractivity contribution in [3.63, 3.8) is 0 Å². The van der Waals surface area contributed by atoms with Crippen molar-refractivity contribution in [1.29, 1.82) is 0 Å². The van der Waals surface area contributed by atoms with Crippen LogP contribution in [0.5, 0.6) is 0 Å². The van der Waals surface area contributed by atoms with E-state index in [1.807, 2.05) is 61.5 Å². The molecule has 0 aliphatic carbocycles. The van der Waals surface area contributed by atoms with E-state index in [0.717, 1.165) is 32.8 Å². The van der Waals surface area contributed by atoms with Crippen molar-refractivity contribution >= 4 is 33.3 Å². The first kappa shape index (κ1) is 29.3. The summed E-state index contributed by atoms with van der Waals surface area (Å²) in [5.74, 6) is 0.188. The fourth-order valence-electron chi connectivity index (χ4n) is 5.52. The van der Waals surface area contributed by atoms with Gasteiger partial charge in [-0.25, -0.2) is 13.2 Å². The molecule has 6 nitrogen and oxygen atoms in total. The first-order valence-corrected chi connectivity index (χ1v) is 16.7. The number of rotatable bonds is 8. The molecular weight excluding hydrogens is 554 g/mol. The van der Waals surface area contributed by atoms with E-state index < -0.39 is 21.4 Å². The zero-order valence-corrected chi connectivity index (χ0v) is 25.4. The van der Waals surface area contributed by atoms with Crippen molar-refractivity contribution in [3.8, 4) is 0 Å². The third-order valence-electron chi connectivity index (χ3n) is 7.95. The van der Waals surface area contributed by atoms with E-state index in [1.165, 1.54) is 11.8 Å². The second kappa shape index (κ2) is 11.9. The van der Waals surface area contributed by atoms with E-state index in [4.69, 9.17) is 4.74 Å². The molecule has 8 heteroatoms. The molecule has 1 saturated heterocycles. The van der Waals surface area contributed by atoms with E-state index >= 15 is 0 Å². The molecule has 216 valence electrons. The summed E-state index contributed by atoms with van der Waals surface area (Å²) in [5.41, 5.74) is 4.17. The molecule has 1 N–H and O–H groups in total. The van der Waals surface area contributed by atoms with Crippen LogP contribution in [0.25, 0.3) is 0 Å². The highest BCUT2D eigenvalue weighted by molar-refractivity contribution is 8.04. The van der Waals surface area contributed by atoms with Gasteiger partial charge in [0.25, 0.3) is 0 Å². The molecule has 1 atom stereocenters. The Bertz CT molecular complexity index is 1530. The molecular formula is C33H37NO5S2. The smallest absolute Gasteiger partial charge is 0.349 e. The number of ether oxygens (including phenoxy) is 1. The molecule has 0 bridgehead atoms. The number of esters is 1. The van der Waals surface area contributed by atoms with Crippen LogP contribution in [-0.4, -0.2) is 44.1 Å². The summed E-state index contributed by atoms with van der Waals surface area (Å²) in [6.45, 7) is 7.26. The molecule has 1 unspecified atom stereocenters. The Morgan fingerprint density at radius 2 is 1.68 bits per heavy atom. The predicted molar refractivity (Wildman–Crippen MR) is 165 cm³/mol. The monoisotopic (exact) mass is 591 g/mol. The quantitative estimate of drug-likeness (QED) is 0.292. The van der Waals surface area contributed by atoms with Crippen LogP contribution in [-0.2, 0) is 31.4 Å². The number of aryl methyl sites for hydroxylation is 2. The number of sulfone groups is 1. The van der Waals surface area contributed by atoms with Crippen LogP contribution in [0.4, 0.5) is 5.69 Å². The van der Waals surface area contributed by atoms with Crippen LogP contribution in [0.15, 0.2) is 88.4 Å². The maximum atomic E-state index is 13.5. The van der Waals surface area contributed by atoms with Gasteiger partial charge in [-0.15, -0.1) is 0 Å². The third-order valence-corrected chi connectivity index (χ3v) is 10.7. The standard InChI is InChI=1S/C33H37NO5S2/c1-23(2)28-14-9-24(3)21-30(28)40-31-29(35)22-33(39-32(31)36,26-7-5-4-6-8-26)16-15-25-10-12-27(13-11-25)34-17-19-41(37,38)20-18-34/h4-14,21,23,35H,15-20,22H2,1-3H3. The molecule has 41 heavy (non-hydrogen) atoms. The summed E-state index contributed by atoms with van der Waals surface area (Å²) in [6, 6.07) is 24.0. The molecule has 0 radical (unpaired) electrons. The normalized spacial score (nSPS) is 20.8. The van der Waals surface area contributed by atoms with Crippen LogP contribution >= 0.6 is 11.8 Å². The van der Waals surface area contributed by atoms with Gasteiger partial charge in [0, 0.05) is 23.7 Å². The fraction of sp³-hybridized carbons (Fsp3) is 0.364. The molecule has 3 aromatic carbocycles. The topological polar surface area (TPSA) is 83.9 Å². The molecule has 0 amide bonds. The number of benzene rings is 3. The Kier molecular flexibility index (Phi) is 8.52. The van der Waals surface area contributed by atoms with Crippen LogP contribution in [0.3, 0.4) is 0 Å². The first-order chi connectivity index (χ1) is 19.6. The average molecular weight is 592 g/mol. The number of nitrogens with zero attached hydrogens (tertiary/aromatic N) is 1. The summed E-state index contributed by atoms with van der Waals surface area (Å²) < 4.78 is 29.8. The van der Waals surface area contributed by atoms with E-state index in [2.05, 4.69) is 36.9 Å². The summed E-state index contributed by atoms with van der Waals surface area (Å²) in [6.07, 6.45) is 1.35. The van der Waals surface area contributed by atoms with Gasteiger partial charge >= 0.3 is 5.97 Å². The van der Waals surface area contributed by atoms with Gasteiger partial charge in [-0.05, 0) is 66.1 Å². The molecule has 0 saturated carbocycles. The van der Waals surface area contributed by atoms with Gasteiger partial charge in [0.05, 0.1) is 17.9 Å². The second-order valence-electron chi connectivity index (χ2n) is 11.3. The molecule has 2 heterocycles. The number of carbonyl (C=O) groups excluding carboxylic acids is 1. The second-order valence-corrected chi connectivity index (χ2v) is 14.7. The van der Waals surface area contributed by atoms with E-state index in [-0.39, 0.29) is 34.5 Å². The minimum absolute atomic E-state index is 0.0571. The summed E-state index contributed by atoms with van der Waals surface area (Å²) in [4.78, 5) is 16.8. The maximum absolute atomic E-state index is 13.5. The van der Waals surface area contributed by atoms with Gasteiger partial charge in [0.2, 0.25) is 0 Å². The largest absolute Gasteiger partial charge is 0.511 e. The van der Waals surface area contributed by atoms with E-state index in [1.54, 1.807) is 0 Å². The van der Waals surface area contributed by atoms with Crippen molar-refractivity contribution < 1.29 is 23.1 Å². The minimum Gasteiger partial charge on any atom is -0.511 e. The van der Waals surface area contributed by atoms with Gasteiger partial charge in [-0.1, -0.05) is 80.2 Å². The predicted octanol–water partition coefficient (Wildman–Crippen LogP) is 6.69. The van der Waals surface area contributed by atoms with E-state index in [9.17, 15) is 18.3 Å². The lowest BCUT2D eigenvalue weighted by atomic mass is 9.82. The number of aliphatic hydroxyl groups is 1. The number of hydrogen-bond donors (Lipinski definition) is 1. The Balaban J connectivity index is 1.37. The molecule has 2 aliphatic rings. The number of hydrogen-bond acceptors (Lipinski definition) is 7. The number of cyclic esters (lactones) is 1. The fourth-order valence-corrected chi connectivity index (χ4v) is 7.93. The first-order valence-electron chi connectivity index (χ1n) is 14.1. The summed E-state index contributed by atoms with van der Waals surface area (Å²) >= 11 is 1.29. The van der Waals surface area contributed by atoms with Crippen LogP contribution in [0, 0.1) is 6.92 Å². The van der Waals surface area contributed by atoms with Crippen molar-refractivity contribution in [3.05, 3.63) is 106 Å². The van der Waals surface area contributed by atoms with Gasteiger partial charge in [0.1, 0.15) is 16.3 Å². The molecule has 0 spiro atoms. The van der Waals surface area contributed by atoms with Gasteiger partial charge in [0.15, 0.2) is 9.84 Å². The molecule has 3 aromatic rings. The maximum Gasteiger partial charge on any atom is 0.349 e. The highest BCUT2D eigenvalue weighted by Crippen LogP contribution is 2.46. The zero-order valence-electron chi connectivity index (χ0n) is 23.8. The van der Waals surface area contributed by atoms with Gasteiger partial charge in [-0.3, -0.25) is 0 Å². The highest BCUT2D eigenvalue weighted by atomic mass is 32.2. The average Bonchev–Trinajstić information content (AvgIpc) is 2.94. The third kappa shape index (κ3) is 6.65. The Morgan fingerprint density at radius 1 is 1.00 bits per heavy atom. The number of aliphatic hydroxyl groups excluding tert-OH is 1.